The van der Waals surface area contributed by atoms with Crippen LogP contribution in [-0.4, -0.2) is 16.9 Å². The first-order valence-corrected chi connectivity index (χ1v) is 6.46. The van der Waals surface area contributed by atoms with Crippen molar-refractivity contribution < 1.29 is 4.39 Å². The Morgan fingerprint density at radius 2 is 1.83 bits per heavy atom. The minimum Gasteiger partial charge on any atom is -0.296 e. The fourth-order valence-corrected chi connectivity index (χ4v) is 1.97. The summed E-state index contributed by atoms with van der Waals surface area (Å²) in [5, 5.41) is 0. The van der Waals surface area contributed by atoms with Crippen molar-refractivity contribution >= 4 is 15.9 Å². The fourth-order valence-electron chi connectivity index (χ4n) is 1.73. The SMILES string of the molecule is CN(Cc1ccc(F)cc1)Cc1ccc(Br)cn1. The van der Waals surface area contributed by atoms with Crippen molar-refractivity contribution in [3.05, 3.63) is 64.1 Å². The number of benzene rings is 1. The average molecular weight is 309 g/mol. The van der Waals surface area contributed by atoms with E-state index < -0.39 is 0 Å². The van der Waals surface area contributed by atoms with Crippen LogP contribution < -0.4 is 0 Å². The van der Waals surface area contributed by atoms with Crippen LogP contribution in [0.15, 0.2) is 47.1 Å². The Bertz CT molecular complexity index is 449. The molecule has 0 spiro atoms. The molecule has 2 rings (SSSR count). The lowest BCUT2D eigenvalue weighted by atomic mass is 10.2. The van der Waals surface area contributed by atoms with Gasteiger partial charge in [0.2, 0.25) is 0 Å². The van der Waals surface area contributed by atoms with E-state index in [0.29, 0.717) is 0 Å². The number of hydrogen-bond donors (Lipinski definition) is 0. The Morgan fingerprint density at radius 1 is 1.11 bits per heavy atom. The van der Waals surface area contributed by atoms with Gasteiger partial charge in [-0.25, -0.2) is 4.39 Å². The molecule has 2 aromatic rings. The lowest BCUT2D eigenvalue weighted by Crippen LogP contribution is -2.17. The first kappa shape index (κ1) is 13.2. The minimum absolute atomic E-state index is 0.198. The summed E-state index contributed by atoms with van der Waals surface area (Å²) in [6.45, 7) is 1.54. The molecule has 0 aliphatic rings. The smallest absolute Gasteiger partial charge is 0.123 e. The molecule has 1 aromatic heterocycles. The van der Waals surface area contributed by atoms with E-state index in [2.05, 4.69) is 25.8 Å². The monoisotopic (exact) mass is 308 g/mol. The van der Waals surface area contributed by atoms with Crippen molar-refractivity contribution in [2.24, 2.45) is 0 Å². The molecule has 1 heterocycles. The molecule has 0 saturated heterocycles. The maximum atomic E-state index is 12.8. The molecule has 0 amide bonds. The van der Waals surface area contributed by atoms with Crippen LogP contribution in [0.1, 0.15) is 11.3 Å². The molecule has 0 unspecified atom stereocenters. The van der Waals surface area contributed by atoms with Crippen LogP contribution in [0.3, 0.4) is 0 Å². The Hall–Kier alpha value is -1.26. The van der Waals surface area contributed by atoms with Gasteiger partial charge in [0, 0.05) is 23.8 Å². The van der Waals surface area contributed by atoms with Crippen molar-refractivity contribution in [2.75, 3.05) is 7.05 Å². The molecule has 94 valence electrons. The van der Waals surface area contributed by atoms with E-state index in [4.69, 9.17) is 0 Å². The number of hydrogen-bond acceptors (Lipinski definition) is 2. The summed E-state index contributed by atoms with van der Waals surface area (Å²) in [5.74, 6) is -0.198. The second-order valence-electron chi connectivity index (χ2n) is 4.27. The normalized spacial score (nSPS) is 10.9. The van der Waals surface area contributed by atoms with Crippen LogP contribution in [0.25, 0.3) is 0 Å². The van der Waals surface area contributed by atoms with E-state index in [9.17, 15) is 4.39 Å². The molecule has 0 saturated carbocycles. The van der Waals surface area contributed by atoms with Gasteiger partial charge in [-0.15, -0.1) is 0 Å². The van der Waals surface area contributed by atoms with E-state index in [1.54, 1.807) is 18.3 Å². The maximum absolute atomic E-state index is 12.8. The zero-order valence-corrected chi connectivity index (χ0v) is 11.7. The van der Waals surface area contributed by atoms with Gasteiger partial charge in [-0.2, -0.15) is 0 Å². The molecule has 0 fully saturated rings. The molecule has 4 heteroatoms. The van der Waals surface area contributed by atoms with Crippen LogP contribution in [-0.2, 0) is 13.1 Å². The van der Waals surface area contributed by atoms with Gasteiger partial charge in [0.05, 0.1) is 5.69 Å². The van der Waals surface area contributed by atoms with E-state index in [1.807, 2.05) is 19.2 Å². The molecule has 2 nitrogen and oxygen atoms in total. The predicted octanol–water partition coefficient (Wildman–Crippen LogP) is 3.62. The molecular formula is C14H14BrFN2. The summed E-state index contributed by atoms with van der Waals surface area (Å²) in [4.78, 5) is 6.47. The van der Waals surface area contributed by atoms with E-state index in [-0.39, 0.29) is 5.82 Å². The fraction of sp³-hybridized carbons (Fsp3) is 0.214. The van der Waals surface area contributed by atoms with Crippen molar-refractivity contribution in [3.8, 4) is 0 Å². The zero-order valence-electron chi connectivity index (χ0n) is 10.1. The van der Waals surface area contributed by atoms with E-state index >= 15 is 0 Å². The van der Waals surface area contributed by atoms with Crippen LogP contribution in [0.2, 0.25) is 0 Å². The summed E-state index contributed by atoms with van der Waals surface area (Å²) in [7, 11) is 2.02. The Morgan fingerprint density at radius 3 is 2.44 bits per heavy atom. The van der Waals surface area contributed by atoms with Gasteiger partial charge in [-0.05, 0) is 52.8 Å². The second kappa shape index (κ2) is 6.07. The Labute approximate surface area is 115 Å². The Kier molecular flexibility index (Phi) is 4.44. The van der Waals surface area contributed by atoms with Crippen LogP contribution >= 0.6 is 15.9 Å². The molecule has 0 radical (unpaired) electrons. The van der Waals surface area contributed by atoms with Gasteiger partial charge in [0.15, 0.2) is 0 Å². The highest BCUT2D eigenvalue weighted by atomic mass is 79.9. The second-order valence-corrected chi connectivity index (χ2v) is 5.18. The lowest BCUT2D eigenvalue weighted by molar-refractivity contribution is 0.315. The highest BCUT2D eigenvalue weighted by Crippen LogP contribution is 2.10. The number of pyridine rings is 1. The summed E-state index contributed by atoms with van der Waals surface area (Å²) in [5.41, 5.74) is 2.11. The summed E-state index contributed by atoms with van der Waals surface area (Å²) < 4.78 is 13.8. The zero-order chi connectivity index (χ0) is 13.0. The van der Waals surface area contributed by atoms with Gasteiger partial charge in [0.1, 0.15) is 5.82 Å². The van der Waals surface area contributed by atoms with Crippen molar-refractivity contribution in [2.45, 2.75) is 13.1 Å². The number of halogens is 2. The van der Waals surface area contributed by atoms with Gasteiger partial charge >= 0.3 is 0 Å². The third-order valence-corrected chi connectivity index (χ3v) is 3.06. The molecule has 18 heavy (non-hydrogen) atoms. The van der Waals surface area contributed by atoms with Crippen molar-refractivity contribution in [3.63, 3.8) is 0 Å². The predicted molar refractivity (Wildman–Crippen MR) is 73.5 cm³/mol. The molecule has 0 aliphatic carbocycles. The molecule has 0 aliphatic heterocycles. The first-order chi connectivity index (χ1) is 8.63. The van der Waals surface area contributed by atoms with Crippen molar-refractivity contribution in [1.82, 2.24) is 9.88 Å². The largest absolute Gasteiger partial charge is 0.296 e. The van der Waals surface area contributed by atoms with Gasteiger partial charge in [0.25, 0.3) is 0 Å². The molecule has 0 bridgehead atoms. The summed E-state index contributed by atoms with van der Waals surface area (Å²) >= 11 is 3.36. The van der Waals surface area contributed by atoms with Crippen LogP contribution in [0.5, 0.6) is 0 Å². The van der Waals surface area contributed by atoms with Gasteiger partial charge in [-0.1, -0.05) is 12.1 Å². The van der Waals surface area contributed by atoms with Crippen LogP contribution in [0, 0.1) is 5.82 Å². The highest BCUT2D eigenvalue weighted by molar-refractivity contribution is 9.10. The third kappa shape index (κ3) is 3.89. The highest BCUT2D eigenvalue weighted by Gasteiger charge is 2.03. The van der Waals surface area contributed by atoms with Crippen LogP contribution in [0.4, 0.5) is 4.39 Å². The summed E-state index contributed by atoms with van der Waals surface area (Å²) in [6, 6.07) is 10.6. The van der Waals surface area contributed by atoms with E-state index in [0.717, 1.165) is 28.8 Å². The first-order valence-electron chi connectivity index (χ1n) is 5.67. The molecular weight excluding hydrogens is 295 g/mol. The quantitative estimate of drug-likeness (QED) is 0.857. The number of aromatic nitrogens is 1. The summed E-state index contributed by atoms with van der Waals surface area (Å²) in [6.07, 6.45) is 1.79. The maximum Gasteiger partial charge on any atom is 0.123 e. The number of nitrogens with zero attached hydrogens (tertiary/aromatic N) is 2. The average Bonchev–Trinajstić information content (AvgIpc) is 2.35. The third-order valence-electron chi connectivity index (χ3n) is 2.59. The number of rotatable bonds is 4. The van der Waals surface area contributed by atoms with Gasteiger partial charge in [-0.3, -0.25) is 9.88 Å². The topological polar surface area (TPSA) is 16.1 Å². The lowest BCUT2D eigenvalue weighted by Gasteiger charge is -2.16. The molecule has 0 atom stereocenters. The Balaban J connectivity index is 1.94. The minimum atomic E-state index is -0.198. The van der Waals surface area contributed by atoms with E-state index in [1.165, 1.54) is 12.1 Å². The van der Waals surface area contributed by atoms with Gasteiger partial charge < -0.3 is 0 Å². The standard InChI is InChI=1S/C14H14BrFN2/c1-18(9-11-2-5-13(16)6-3-11)10-14-7-4-12(15)8-17-14/h2-8H,9-10H2,1H3. The van der Waals surface area contributed by atoms with Crippen molar-refractivity contribution in [1.29, 1.82) is 0 Å². The molecule has 1 aromatic carbocycles. The molecule has 0 N–H and O–H groups in total.